The van der Waals surface area contributed by atoms with Crippen LogP contribution < -0.4 is 5.32 Å². The van der Waals surface area contributed by atoms with E-state index in [1.165, 1.54) is 16.3 Å². The second kappa shape index (κ2) is 4.67. The fourth-order valence-corrected chi connectivity index (χ4v) is 2.18. The molecule has 2 aromatic carbocycles. The summed E-state index contributed by atoms with van der Waals surface area (Å²) in [6.07, 6.45) is 6.04. The molecule has 1 unspecified atom stereocenters. The van der Waals surface area contributed by atoms with Gasteiger partial charge in [0, 0.05) is 12.8 Å². The Balaban J connectivity index is 1.99. The first kappa shape index (κ1) is 11.1. The second-order valence-corrected chi connectivity index (χ2v) is 4.33. The lowest BCUT2D eigenvalue weighted by Gasteiger charge is -2.20. The number of hydrogen-bond donors (Lipinski definition) is 1. The van der Waals surface area contributed by atoms with Crippen LogP contribution >= 0.6 is 0 Å². The van der Waals surface area contributed by atoms with Gasteiger partial charge in [-0.25, -0.2) is 0 Å². The summed E-state index contributed by atoms with van der Waals surface area (Å²) in [5, 5.41) is 5.85. The van der Waals surface area contributed by atoms with Crippen LogP contribution in [0.1, 0.15) is 5.56 Å². The van der Waals surface area contributed by atoms with Crippen molar-refractivity contribution in [2.24, 2.45) is 0 Å². The van der Waals surface area contributed by atoms with E-state index in [4.69, 9.17) is 4.74 Å². The number of allylic oxidation sites excluding steroid dienone is 2. The highest BCUT2D eigenvalue weighted by atomic mass is 16.5. The Kier molecular flexibility index (Phi) is 2.87. The van der Waals surface area contributed by atoms with Crippen LogP contribution in [-0.2, 0) is 4.74 Å². The maximum atomic E-state index is 5.29. The van der Waals surface area contributed by atoms with E-state index in [1.54, 1.807) is 7.11 Å². The van der Waals surface area contributed by atoms with Gasteiger partial charge in [0.25, 0.3) is 0 Å². The van der Waals surface area contributed by atoms with E-state index in [1.807, 2.05) is 12.2 Å². The number of hydrogen-bond acceptors (Lipinski definition) is 2. The Bertz CT molecular complexity index is 628. The lowest BCUT2D eigenvalue weighted by atomic mass is 10.0. The largest absolute Gasteiger partial charge is 0.358 e. The Morgan fingerprint density at radius 2 is 1.89 bits per heavy atom. The van der Waals surface area contributed by atoms with Crippen molar-refractivity contribution in [2.75, 3.05) is 7.11 Å². The molecule has 90 valence electrons. The molecule has 1 aliphatic heterocycles. The number of rotatable bonds is 2. The number of benzene rings is 2. The fourth-order valence-electron chi connectivity index (χ4n) is 2.18. The zero-order valence-corrected chi connectivity index (χ0v) is 10.3. The van der Waals surface area contributed by atoms with Gasteiger partial charge >= 0.3 is 0 Å². The minimum Gasteiger partial charge on any atom is -0.358 e. The van der Waals surface area contributed by atoms with Crippen LogP contribution in [0.15, 0.2) is 60.7 Å². The van der Waals surface area contributed by atoms with Crippen molar-refractivity contribution in [3.8, 4) is 0 Å². The summed E-state index contributed by atoms with van der Waals surface area (Å²) in [6.45, 7) is 0. The normalized spacial score (nSPS) is 18.5. The highest BCUT2D eigenvalue weighted by Gasteiger charge is 2.10. The summed E-state index contributed by atoms with van der Waals surface area (Å²) < 4.78 is 5.29. The van der Waals surface area contributed by atoms with Crippen LogP contribution in [0.3, 0.4) is 0 Å². The zero-order valence-electron chi connectivity index (χ0n) is 10.3. The maximum absolute atomic E-state index is 5.29. The van der Waals surface area contributed by atoms with Crippen molar-refractivity contribution in [1.29, 1.82) is 0 Å². The highest BCUT2D eigenvalue weighted by molar-refractivity contribution is 5.86. The van der Waals surface area contributed by atoms with Gasteiger partial charge in [0.15, 0.2) is 0 Å². The molecular weight excluding hydrogens is 222 g/mol. The zero-order chi connectivity index (χ0) is 12.4. The van der Waals surface area contributed by atoms with Gasteiger partial charge in [-0.1, -0.05) is 42.5 Å². The standard InChI is InChI=1S/C16H15NO/c1-18-16-8-4-7-15(17-16)14-10-9-12-5-2-3-6-13(12)11-14/h2-11,16-17H,1H3. The molecule has 2 heteroatoms. The predicted molar refractivity (Wildman–Crippen MR) is 75.0 cm³/mol. The van der Waals surface area contributed by atoms with E-state index >= 15 is 0 Å². The fraction of sp³-hybridized carbons (Fsp3) is 0.125. The predicted octanol–water partition coefficient (Wildman–Crippen LogP) is 3.31. The van der Waals surface area contributed by atoms with E-state index < -0.39 is 0 Å². The summed E-state index contributed by atoms with van der Waals surface area (Å²) in [4.78, 5) is 0. The van der Waals surface area contributed by atoms with Crippen LogP contribution in [0.5, 0.6) is 0 Å². The van der Waals surface area contributed by atoms with Crippen molar-refractivity contribution >= 4 is 16.5 Å². The van der Waals surface area contributed by atoms with Crippen LogP contribution in [0.2, 0.25) is 0 Å². The molecule has 0 spiro atoms. The van der Waals surface area contributed by atoms with Crippen molar-refractivity contribution in [1.82, 2.24) is 5.32 Å². The molecule has 2 aromatic rings. The first-order valence-electron chi connectivity index (χ1n) is 6.04. The molecule has 1 atom stereocenters. The van der Waals surface area contributed by atoms with Crippen molar-refractivity contribution in [2.45, 2.75) is 6.23 Å². The van der Waals surface area contributed by atoms with E-state index in [0.29, 0.717) is 0 Å². The molecular formula is C16H15NO. The second-order valence-electron chi connectivity index (χ2n) is 4.33. The average Bonchev–Trinajstić information content (AvgIpc) is 2.47. The number of dihydropyridines is 1. The van der Waals surface area contributed by atoms with E-state index in [2.05, 4.69) is 53.9 Å². The lowest BCUT2D eigenvalue weighted by molar-refractivity contribution is 0.126. The maximum Gasteiger partial charge on any atom is 0.146 e. The number of methoxy groups -OCH3 is 1. The first-order valence-corrected chi connectivity index (χ1v) is 6.04. The monoisotopic (exact) mass is 237 g/mol. The van der Waals surface area contributed by atoms with E-state index in [0.717, 1.165) is 5.70 Å². The van der Waals surface area contributed by atoms with Gasteiger partial charge in [-0.3, -0.25) is 0 Å². The average molecular weight is 237 g/mol. The Labute approximate surface area is 107 Å². The van der Waals surface area contributed by atoms with Crippen LogP contribution in [0.25, 0.3) is 16.5 Å². The summed E-state index contributed by atoms with van der Waals surface area (Å²) in [7, 11) is 1.70. The Hall–Kier alpha value is -2.06. The van der Waals surface area contributed by atoms with Gasteiger partial charge in [-0.05, 0) is 34.6 Å². The van der Waals surface area contributed by atoms with Gasteiger partial charge in [0.05, 0.1) is 0 Å². The molecule has 18 heavy (non-hydrogen) atoms. The molecule has 0 saturated carbocycles. The molecule has 1 heterocycles. The first-order chi connectivity index (χ1) is 8.86. The van der Waals surface area contributed by atoms with E-state index in [9.17, 15) is 0 Å². The topological polar surface area (TPSA) is 21.3 Å². The Morgan fingerprint density at radius 3 is 2.72 bits per heavy atom. The molecule has 0 aromatic heterocycles. The molecule has 0 radical (unpaired) electrons. The highest BCUT2D eigenvalue weighted by Crippen LogP contribution is 2.21. The molecule has 1 aliphatic rings. The summed E-state index contributed by atoms with van der Waals surface area (Å²) in [6, 6.07) is 14.8. The molecule has 0 fully saturated rings. The number of fused-ring (bicyclic) bond motifs is 1. The smallest absolute Gasteiger partial charge is 0.146 e. The quantitative estimate of drug-likeness (QED) is 0.865. The minimum atomic E-state index is -0.0449. The van der Waals surface area contributed by atoms with Crippen molar-refractivity contribution in [3.63, 3.8) is 0 Å². The summed E-state index contributed by atoms with van der Waals surface area (Å²) >= 11 is 0. The van der Waals surface area contributed by atoms with Gasteiger partial charge in [0.1, 0.15) is 6.23 Å². The third kappa shape index (κ3) is 2.03. The van der Waals surface area contributed by atoms with Crippen molar-refractivity contribution < 1.29 is 4.74 Å². The molecule has 0 bridgehead atoms. The SMILES string of the molecule is COC1C=CC=C(c2ccc3ccccc3c2)N1. The summed E-state index contributed by atoms with van der Waals surface area (Å²) in [5.74, 6) is 0. The van der Waals surface area contributed by atoms with Crippen LogP contribution in [0, 0.1) is 0 Å². The van der Waals surface area contributed by atoms with Gasteiger partial charge in [-0.2, -0.15) is 0 Å². The molecule has 0 saturated heterocycles. The van der Waals surface area contributed by atoms with Gasteiger partial charge in [0.2, 0.25) is 0 Å². The summed E-state index contributed by atoms with van der Waals surface area (Å²) in [5.41, 5.74) is 2.27. The molecule has 2 nitrogen and oxygen atoms in total. The van der Waals surface area contributed by atoms with Crippen molar-refractivity contribution in [3.05, 3.63) is 66.3 Å². The molecule has 0 amide bonds. The third-order valence-electron chi connectivity index (χ3n) is 3.16. The number of nitrogens with one attached hydrogen (secondary N) is 1. The third-order valence-corrected chi connectivity index (χ3v) is 3.16. The lowest BCUT2D eigenvalue weighted by Crippen LogP contribution is -2.29. The Morgan fingerprint density at radius 1 is 1.06 bits per heavy atom. The van der Waals surface area contributed by atoms with Gasteiger partial charge in [-0.15, -0.1) is 0 Å². The van der Waals surface area contributed by atoms with Gasteiger partial charge < -0.3 is 10.1 Å². The molecule has 3 rings (SSSR count). The minimum absolute atomic E-state index is 0.0449. The number of ether oxygens (including phenoxy) is 1. The van der Waals surface area contributed by atoms with E-state index in [-0.39, 0.29) is 6.23 Å². The van der Waals surface area contributed by atoms with Crippen LogP contribution in [-0.4, -0.2) is 13.3 Å². The molecule has 0 aliphatic carbocycles. The molecule has 1 N–H and O–H groups in total. The van der Waals surface area contributed by atoms with Crippen LogP contribution in [0.4, 0.5) is 0 Å².